The van der Waals surface area contributed by atoms with Gasteiger partial charge in [-0.25, -0.2) is 14.2 Å². The van der Waals surface area contributed by atoms with Gasteiger partial charge in [0.1, 0.15) is 11.6 Å². The second-order valence-electron chi connectivity index (χ2n) is 5.90. The van der Waals surface area contributed by atoms with Gasteiger partial charge < -0.3 is 9.67 Å². The molecule has 25 heavy (non-hydrogen) atoms. The minimum Gasteiger partial charge on any atom is -0.478 e. The van der Waals surface area contributed by atoms with Gasteiger partial charge in [-0.1, -0.05) is 37.1 Å². The third-order valence-corrected chi connectivity index (χ3v) is 4.56. The number of carbonyl (C=O) groups is 1. The Morgan fingerprint density at radius 3 is 2.72 bits per heavy atom. The minimum atomic E-state index is -1.03. The maximum Gasteiger partial charge on any atom is 0.337 e. The van der Waals surface area contributed by atoms with Crippen LogP contribution in [0.2, 0.25) is 5.02 Å². The van der Waals surface area contributed by atoms with E-state index < -0.39 is 11.8 Å². The van der Waals surface area contributed by atoms with Crippen LogP contribution in [-0.2, 0) is 13.0 Å². The van der Waals surface area contributed by atoms with E-state index in [1.54, 1.807) is 28.8 Å². The van der Waals surface area contributed by atoms with Gasteiger partial charge in [0.05, 0.1) is 23.1 Å². The van der Waals surface area contributed by atoms with Crippen LogP contribution in [0.4, 0.5) is 4.39 Å². The van der Waals surface area contributed by atoms with Gasteiger partial charge in [-0.15, -0.1) is 0 Å². The Hall–Kier alpha value is -2.40. The molecule has 0 saturated heterocycles. The van der Waals surface area contributed by atoms with Crippen molar-refractivity contribution in [2.75, 3.05) is 0 Å². The lowest BCUT2D eigenvalue weighted by Gasteiger charge is -2.12. The summed E-state index contributed by atoms with van der Waals surface area (Å²) < 4.78 is 16.0. The monoisotopic (exact) mass is 360 g/mol. The fourth-order valence-electron chi connectivity index (χ4n) is 2.94. The lowest BCUT2D eigenvalue weighted by atomic mass is 10.1. The number of aromatic carboxylic acids is 1. The summed E-state index contributed by atoms with van der Waals surface area (Å²) in [4.78, 5) is 16.2. The quantitative estimate of drug-likeness (QED) is 0.679. The molecule has 3 aromatic rings. The highest BCUT2D eigenvalue weighted by atomic mass is 35.5. The number of benzene rings is 2. The maximum absolute atomic E-state index is 14.3. The van der Waals surface area contributed by atoms with E-state index in [2.05, 4.69) is 11.9 Å². The zero-order valence-electron chi connectivity index (χ0n) is 13.8. The van der Waals surface area contributed by atoms with Gasteiger partial charge in [0.15, 0.2) is 0 Å². The summed E-state index contributed by atoms with van der Waals surface area (Å²) in [7, 11) is 0. The van der Waals surface area contributed by atoms with Crippen molar-refractivity contribution in [3.05, 3.63) is 64.2 Å². The Balaban J connectivity index is 2.21. The van der Waals surface area contributed by atoms with Crippen LogP contribution in [0, 0.1) is 5.82 Å². The molecule has 1 N–H and O–H groups in total. The van der Waals surface area contributed by atoms with Gasteiger partial charge >= 0.3 is 5.97 Å². The second-order valence-corrected chi connectivity index (χ2v) is 6.30. The highest BCUT2D eigenvalue weighted by Crippen LogP contribution is 2.26. The van der Waals surface area contributed by atoms with Crippen molar-refractivity contribution in [1.29, 1.82) is 0 Å². The Labute approximate surface area is 149 Å². The predicted octanol–water partition coefficient (Wildman–Crippen LogP) is 4.92. The molecule has 130 valence electrons. The zero-order valence-corrected chi connectivity index (χ0v) is 14.6. The Morgan fingerprint density at radius 2 is 2.04 bits per heavy atom. The first-order valence-electron chi connectivity index (χ1n) is 8.17. The number of carboxylic acids is 1. The van der Waals surface area contributed by atoms with Gasteiger partial charge in [0.2, 0.25) is 0 Å². The number of para-hydroxylation sites is 1. The van der Waals surface area contributed by atoms with Gasteiger partial charge in [0, 0.05) is 17.0 Å². The fourth-order valence-corrected chi connectivity index (χ4v) is 3.17. The number of aryl methyl sites for hydroxylation is 1. The lowest BCUT2D eigenvalue weighted by molar-refractivity contribution is 0.0698. The summed E-state index contributed by atoms with van der Waals surface area (Å²) in [6.07, 6.45) is 2.59. The van der Waals surface area contributed by atoms with Crippen molar-refractivity contribution in [1.82, 2.24) is 9.55 Å². The fraction of sp³-hybridized carbons (Fsp3) is 0.263. The topological polar surface area (TPSA) is 55.1 Å². The van der Waals surface area contributed by atoms with E-state index in [0.717, 1.165) is 18.7 Å². The van der Waals surface area contributed by atoms with Crippen molar-refractivity contribution in [3.8, 4) is 0 Å². The highest BCUT2D eigenvalue weighted by molar-refractivity contribution is 6.31. The van der Waals surface area contributed by atoms with E-state index in [-0.39, 0.29) is 12.1 Å². The number of hydrogen-bond donors (Lipinski definition) is 1. The lowest BCUT2D eigenvalue weighted by Crippen LogP contribution is -2.10. The molecule has 0 atom stereocenters. The first kappa shape index (κ1) is 17.4. The Bertz CT molecular complexity index is 916. The molecule has 0 spiro atoms. The molecule has 0 aliphatic heterocycles. The average molecular weight is 361 g/mol. The number of aromatic nitrogens is 2. The number of rotatable bonds is 6. The number of carboxylic acid groups (broad SMARTS) is 1. The van der Waals surface area contributed by atoms with Crippen LogP contribution in [0.15, 0.2) is 36.4 Å². The van der Waals surface area contributed by atoms with Crippen LogP contribution < -0.4 is 0 Å². The van der Waals surface area contributed by atoms with Crippen LogP contribution in [0.5, 0.6) is 0 Å². The van der Waals surface area contributed by atoms with Gasteiger partial charge in [0.25, 0.3) is 0 Å². The number of unbranched alkanes of at least 4 members (excludes halogenated alkanes) is 1. The molecule has 0 saturated carbocycles. The van der Waals surface area contributed by atoms with E-state index in [1.165, 1.54) is 12.1 Å². The van der Waals surface area contributed by atoms with Crippen molar-refractivity contribution in [2.24, 2.45) is 0 Å². The van der Waals surface area contributed by atoms with E-state index in [0.29, 0.717) is 28.0 Å². The molecule has 2 aromatic carbocycles. The number of hydrogen-bond acceptors (Lipinski definition) is 2. The molecule has 1 aromatic heterocycles. The molecule has 6 heteroatoms. The summed E-state index contributed by atoms with van der Waals surface area (Å²) in [5.74, 6) is -0.707. The molecule has 0 amide bonds. The maximum atomic E-state index is 14.3. The molecule has 0 unspecified atom stereocenters. The summed E-state index contributed by atoms with van der Waals surface area (Å²) >= 11 is 6.17. The molecule has 0 aliphatic rings. The average Bonchev–Trinajstić information content (AvgIpc) is 2.93. The van der Waals surface area contributed by atoms with Crippen molar-refractivity contribution in [2.45, 2.75) is 32.7 Å². The summed E-state index contributed by atoms with van der Waals surface area (Å²) in [6.45, 7) is 2.22. The van der Waals surface area contributed by atoms with Crippen molar-refractivity contribution >= 4 is 28.6 Å². The Kier molecular flexibility index (Phi) is 5.04. The first-order chi connectivity index (χ1) is 12.0. The predicted molar refractivity (Wildman–Crippen MR) is 95.8 cm³/mol. The van der Waals surface area contributed by atoms with Gasteiger partial charge in [-0.3, -0.25) is 0 Å². The van der Waals surface area contributed by atoms with E-state index in [9.17, 15) is 14.3 Å². The zero-order chi connectivity index (χ0) is 18.0. The summed E-state index contributed by atoms with van der Waals surface area (Å²) in [5.41, 5.74) is 1.58. The third kappa shape index (κ3) is 3.37. The second kappa shape index (κ2) is 7.23. The van der Waals surface area contributed by atoms with E-state index in [4.69, 9.17) is 11.6 Å². The molecule has 0 fully saturated rings. The van der Waals surface area contributed by atoms with Crippen LogP contribution in [-0.4, -0.2) is 20.6 Å². The highest BCUT2D eigenvalue weighted by Gasteiger charge is 2.19. The van der Waals surface area contributed by atoms with E-state index >= 15 is 0 Å². The third-order valence-electron chi connectivity index (χ3n) is 4.21. The van der Waals surface area contributed by atoms with Gasteiger partial charge in [-0.05, 0) is 30.7 Å². The number of fused-ring (bicyclic) bond motifs is 1. The molecule has 0 aliphatic carbocycles. The van der Waals surface area contributed by atoms with E-state index in [1.807, 2.05) is 0 Å². The minimum absolute atomic E-state index is 0.144. The molecule has 3 rings (SSSR count). The molecular weight excluding hydrogens is 343 g/mol. The first-order valence-corrected chi connectivity index (χ1v) is 8.55. The molecule has 0 radical (unpaired) electrons. The standard InChI is InChI=1S/C19H18ClFN2O2/c1-2-3-10-17-22-16-9-4-6-12(19(24)25)18(16)23(17)11-13-14(20)7-5-8-15(13)21/h4-9H,2-3,10-11H2,1H3,(H,24,25). The number of nitrogens with zero attached hydrogens (tertiary/aromatic N) is 2. The number of imidazole rings is 1. The van der Waals surface area contributed by atoms with Crippen LogP contribution in [0.3, 0.4) is 0 Å². The largest absolute Gasteiger partial charge is 0.478 e. The summed E-state index contributed by atoms with van der Waals surface area (Å²) in [5, 5.41) is 9.84. The molecule has 1 heterocycles. The molecule has 4 nitrogen and oxygen atoms in total. The number of halogens is 2. The normalized spacial score (nSPS) is 11.2. The molecule has 0 bridgehead atoms. The Morgan fingerprint density at radius 1 is 1.28 bits per heavy atom. The van der Waals surface area contributed by atoms with Crippen LogP contribution in [0.1, 0.15) is 41.5 Å². The molecular formula is C19H18ClFN2O2. The van der Waals surface area contributed by atoms with Crippen molar-refractivity contribution in [3.63, 3.8) is 0 Å². The smallest absolute Gasteiger partial charge is 0.337 e. The SMILES string of the molecule is CCCCc1nc2cccc(C(=O)O)c2n1Cc1c(F)cccc1Cl. The summed E-state index contributed by atoms with van der Waals surface area (Å²) in [6, 6.07) is 9.51. The van der Waals surface area contributed by atoms with Crippen LogP contribution in [0.25, 0.3) is 11.0 Å². The van der Waals surface area contributed by atoms with Crippen molar-refractivity contribution < 1.29 is 14.3 Å². The van der Waals surface area contributed by atoms with Gasteiger partial charge in [-0.2, -0.15) is 0 Å². The van der Waals surface area contributed by atoms with Crippen LogP contribution >= 0.6 is 11.6 Å².